The maximum absolute atomic E-state index is 11.4. The van der Waals surface area contributed by atoms with Crippen LogP contribution in [0.3, 0.4) is 0 Å². The number of methoxy groups -OCH3 is 1. The summed E-state index contributed by atoms with van der Waals surface area (Å²) in [5.41, 5.74) is 0. The lowest BCUT2D eigenvalue weighted by atomic mass is 10.2. The summed E-state index contributed by atoms with van der Waals surface area (Å²) in [5, 5.41) is 0. The quantitative estimate of drug-likeness (QED) is 0.426. The molecule has 0 N–H and O–H groups in total. The molecule has 0 saturated carbocycles. The van der Waals surface area contributed by atoms with E-state index >= 15 is 0 Å². The van der Waals surface area contributed by atoms with Crippen molar-refractivity contribution in [2.45, 2.75) is 18.9 Å². The van der Waals surface area contributed by atoms with Gasteiger partial charge in [-0.2, -0.15) is 0 Å². The minimum absolute atomic E-state index is 0.0218. The van der Waals surface area contributed by atoms with E-state index in [1.54, 1.807) is 4.90 Å². The monoisotopic (exact) mass is 297 g/mol. The summed E-state index contributed by atoms with van der Waals surface area (Å²) in [6.07, 6.45) is 1.62. The van der Waals surface area contributed by atoms with E-state index < -0.39 is 0 Å². The number of carbonyl (C=O) groups excluding carboxylic acids is 2. The standard InChI is InChI=1S/C8H12INO3/c1-13-8(12)6-3-2-4-10(6)7(11)5-9/h6H,2-5H2,1H3. The highest BCUT2D eigenvalue weighted by atomic mass is 127. The van der Waals surface area contributed by atoms with Gasteiger partial charge in [-0.3, -0.25) is 4.79 Å². The Labute approximate surface area is 90.7 Å². The lowest BCUT2D eigenvalue weighted by molar-refractivity contribution is -0.150. The summed E-state index contributed by atoms with van der Waals surface area (Å²) in [5.74, 6) is -0.274. The molecular weight excluding hydrogens is 285 g/mol. The zero-order valence-electron chi connectivity index (χ0n) is 7.46. The molecule has 0 spiro atoms. The van der Waals surface area contributed by atoms with E-state index in [-0.39, 0.29) is 17.9 Å². The first-order valence-electron chi connectivity index (χ1n) is 4.14. The van der Waals surface area contributed by atoms with Gasteiger partial charge in [-0.15, -0.1) is 0 Å². The van der Waals surface area contributed by atoms with Crippen molar-refractivity contribution in [2.75, 3.05) is 18.1 Å². The van der Waals surface area contributed by atoms with Crippen molar-refractivity contribution in [3.05, 3.63) is 0 Å². The Balaban J connectivity index is 2.63. The average molecular weight is 297 g/mol. The van der Waals surface area contributed by atoms with Crippen LogP contribution >= 0.6 is 22.6 Å². The maximum atomic E-state index is 11.4. The zero-order chi connectivity index (χ0) is 9.84. The third kappa shape index (κ3) is 2.32. The lowest BCUT2D eigenvalue weighted by Gasteiger charge is -2.21. The summed E-state index contributed by atoms with van der Waals surface area (Å²) in [6.45, 7) is 0.682. The Morgan fingerprint density at radius 3 is 2.85 bits per heavy atom. The largest absolute Gasteiger partial charge is 0.467 e. The van der Waals surface area contributed by atoms with Crippen molar-refractivity contribution >= 4 is 34.5 Å². The number of halogens is 1. The molecule has 0 aromatic heterocycles. The highest BCUT2D eigenvalue weighted by Crippen LogP contribution is 2.18. The van der Waals surface area contributed by atoms with Gasteiger partial charge < -0.3 is 9.64 Å². The van der Waals surface area contributed by atoms with Gasteiger partial charge in [0.05, 0.1) is 11.5 Å². The number of likely N-dealkylation sites (tertiary alicyclic amines) is 1. The number of alkyl halides is 1. The summed E-state index contributed by atoms with van der Waals surface area (Å²) in [6, 6.07) is -0.340. The van der Waals surface area contributed by atoms with E-state index in [0.717, 1.165) is 12.8 Å². The summed E-state index contributed by atoms with van der Waals surface area (Å²) < 4.78 is 5.05. The van der Waals surface area contributed by atoms with E-state index in [9.17, 15) is 9.59 Å². The van der Waals surface area contributed by atoms with E-state index in [1.807, 2.05) is 22.6 Å². The molecule has 1 saturated heterocycles. The fourth-order valence-corrected chi connectivity index (χ4v) is 1.96. The average Bonchev–Trinajstić information content (AvgIpc) is 2.63. The van der Waals surface area contributed by atoms with Crippen molar-refractivity contribution in [2.24, 2.45) is 0 Å². The molecule has 5 heteroatoms. The fraction of sp³-hybridized carbons (Fsp3) is 0.750. The Kier molecular flexibility index (Phi) is 3.95. The van der Waals surface area contributed by atoms with E-state index in [2.05, 4.69) is 4.74 Å². The van der Waals surface area contributed by atoms with Gasteiger partial charge in [0.15, 0.2) is 0 Å². The SMILES string of the molecule is COC(=O)C1CCCN1C(=O)CI. The predicted molar refractivity (Wildman–Crippen MR) is 55.6 cm³/mol. The van der Waals surface area contributed by atoms with Crippen molar-refractivity contribution < 1.29 is 14.3 Å². The second-order valence-corrected chi connectivity index (χ2v) is 3.66. The minimum atomic E-state index is -0.340. The molecule has 1 amide bonds. The van der Waals surface area contributed by atoms with Crippen LogP contribution in [0.15, 0.2) is 0 Å². The molecule has 1 aliphatic rings. The first kappa shape index (κ1) is 10.7. The van der Waals surface area contributed by atoms with Crippen molar-refractivity contribution in [3.8, 4) is 0 Å². The molecule has 1 rings (SSSR count). The Morgan fingerprint density at radius 2 is 2.31 bits per heavy atom. The van der Waals surface area contributed by atoms with Gasteiger partial charge in [0, 0.05) is 6.54 Å². The van der Waals surface area contributed by atoms with Crippen LogP contribution < -0.4 is 0 Å². The van der Waals surface area contributed by atoms with Crippen molar-refractivity contribution in [3.63, 3.8) is 0 Å². The fourth-order valence-electron chi connectivity index (χ4n) is 1.52. The van der Waals surface area contributed by atoms with Crippen LogP contribution in [0, 0.1) is 0 Å². The highest BCUT2D eigenvalue weighted by Gasteiger charge is 2.33. The number of ether oxygens (including phenoxy) is 1. The number of hydrogen-bond donors (Lipinski definition) is 0. The Morgan fingerprint density at radius 1 is 1.62 bits per heavy atom. The third-order valence-electron chi connectivity index (χ3n) is 2.16. The molecule has 0 aliphatic carbocycles. The molecule has 0 aromatic carbocycles. The van der Waals surface area contributed by atoms with Crippen LogP contribution in [0.4, 0.5) is 0 Å². The summed E-state index contributed by atoms with van der Waals surface area (Å²) >= 11 is 2.01. The summed E-state index contributed by atoms with van der Waals surface area (Å²) in [4.78, 5) is 24.2. The second kappa shape index (κ2) is 4.78. The molecule has 1 fully saturated rings. The molecule has 0 bridgehead atoms. The molecule has 13 heavy (non-hydrogen) atoms. The lowest BCUT2D eigenvalue weighted by Crippen LogP contribution is -2.41. The number of esters is 1. The molecule has 74 valence electrons. The number of rotatable bonds is 2. The molecular formula is C8H12INO3. The number of amides is 1. The number of carbonyl (C=O) groups is 2. The maximum Gasteiger partial charge on any atom is 0.328 e. The number of nitrogens with zero attached hydrogens (tertiary/aromatic N) is 1. The van der Waals surface area contributed by atoms with Gasteiger partial charge in [0.2, 0.25) is 5.91 Å². The van der Waals surface area contributed by atoms with Gasteiger partial charge in [-0.05, 0) is 12.8 Å². The van der Waals surface area contributed by atoms with Crippen LogP contribution in [0.1, 0.15) is 12.8 Å². The molecule has 1 aliphatic heterocycles. The topological polar surface area (TPSA) is 46.6 Å². The first-order chi connectivity index (χ1) is 6.20. The van der Waals surface area contributed by atoms with Gasteiger partial charge >= 0.3 is 5.97 Å². The molecule has 1 unspecified atom stereocenters. The first-order valence-corrected chi connectivity index (χ1v) is 5.66. The van der Waals surface area contributed by atoms with E-state index in [0.29, 0.717) is 11.0 Å². The summed E-state index contributed by atoms with van der Waals surface area (Å²) in [7, 11) is 1.35. The zero-order valence-corrected chi connectivity index (χ0v) is 9.61. The van der Waals surface area contributed by atoms with Crippen LogP contribution in [-0.2, 0) is 14.3 Å². The van der Waals surface area contributed by atoms with Crippen LogP contribution in [0.2, 0.25) is 0 Å². The molecule has 1 heterocycles. The minimum Gasteiger partial charge on any atom is -0.467 e. The van der Waals surface area contributed by atoms with Gasteiger partial charge in [-0.1, -0.05) is 22.6 Å². The smallest absolute Gasteiger partial charge is 0.328 e. The third-order valence-corrected chi connectivity index (χ3v) is 2.81. The van der Waals surface area contributed by atoms with Crippen molar-refractivity contribution in [1.29, 1.82) is 0 Å². The molecule has 0 radical (unpaired) electrons. The van der Waals surface area contributed by atoms with Gasteiger partial charge in [0.1, 0.15) is 6.04 Å². The highest BCUT2D eigenvalue weighted by molar-refractivity contribution is 14.1. The Bertz CT molecular complexity index is 197. The van der Waals surface area contributed by atoms with Crippen LogP contribution in [-0.4, -0.2) is 40.9 Å². The molecule has 0 aromatic rings. The molecule has 4 nitrogen and oxygen atoms in total. The normalized spacial score (nSPS) is 21.7. The van der Waals surface area contributed by atoms with Crippen molar-refractivity contribution in [1.82, 2.24) is 4.90 Å². The van der Waals surface area contributed by atoms with E-state index in [1.165, 1.54) is 7.11 Å². The van der Waals surface area contributed by atoms with Crippen LogP contribution in [0.25, 0.3) is 0 Å². The number of hydrogen-bond acceptors (Lipinski definition) is 3. The molecule has 1 atom stereocenters. The Hall–Kier alpha value is -0.330. The van der Waals surface area contributed by atoms with Gasteiger partial charge in [-0.25, -0.2) is 4.79 Å². The predicted octanol–water partition coefficient (Wildman–Crippen LogP) is 0.585. The van der Waals surface area contributed by atoms with Gasteiger partial charge in [0.25, 0.3) is 0 Å². The second-order valence-electron chi connectivity index (χ2n) is 2.90. The van der Waals surface area contributed by atoms with E-state index in [4.69, 9.17) is 0 Å². The van der Waals surface area contributed by atoms with Crippen LogP contribution in [0.5, 0.6) is 0 Å².